The van der Waals surface area contributed by atoms with Crippen molar-refractivity contribution in [1.29, 1.82) is 0 Å². The Morgan fingerprint density at radius 1 is 1.19 bits per heavy atom. The van der Waals surface area contributed by atoms with Gasteiger partial charge in [0.2, 0.25) is 0 Å². The van der Waals surface area contributed by atoms with Gasteiger partial charge in [0.05, 0.1) is 0 Å². The van der Waals surface area contributed by atoms with Crippen molar-refractivity contribution in [2.24, 2.45) is 0 Å². The monoisotopic (exact) mass is 220 g/mol. The van der Waals surface area contributed by atoms with Crippen LogP contribution in [0.15, 0.2) is 30.3 Å². The SMILES string of the molecule is CCN(Cc1ccccc1)C(C)(C)CNC. The molecular formula is C14H24N2. The summed E-state index contributed by atoms with van der Waals surface area (Å²) < 4.78 is 0. The van der Waals surface area contributed by atoms with Crippen molar-refractivity contribution >= 4 is 0 Å². The zero-order valence-electron chi connectivity index (χ0n) is 11.0. The van der Waals surface area contributed by atoms with Crippen molar-refractivity contribution in [1.82, 2.24) is 10.2 Å². The lowest BCUT2D eigenvalue weighted by Gasteiger charge is -2.38. The second kappa shape index (κ2) is 6.02. The average molecular weight is 220 g/mol. The van der Waals surface area contributed by atoms with Gasteiger partial charge in [-0.05, 0) is 33.0 Å². The van der Waals surface area contributed by atoms with E-state index in [1.807, 2.05) is 7.05 Å². The second-order valence-corrected chi connectivity index (χ2v) is 4.84. The molecule has 0 aliphatic heterocycles. The summed E-state index contributed by atoms with van der Waals surface area (Å²) in [6.07, 6.45) is 0. The maximum Gasteiger partial charge on any atom is 0.0280 e. The first kappa shape index (κ1) is 13.2. The fourth-order valence-corrected chi connectivity index (χ4v) is 2.10. The minimum Gasteiger partial charge on any atom is -0.318 e. The first-order valence-electron chi connectivity index (χ1n) is 6.03. The molecule has 90 valence electrons. The van der Waals surface area contributed by atoms with Gasteiger partial charge in [0.15, 0.2) is 0 Å². The minimum absolute atomic E-state index is 0.194. The van der Waals surface area contributed by atoms with Gasteiger partial charge < -0.3 is 5.32 Å². The smallest absolute Gasteiger partial charge is 0.0280 e. The van der Waals surface area contributed by atoms with E-state index in [4.69, 9.17) is 0 Å². The molecule has 0 amide bonds. The summed E-state index contributed by atoms with van der Waals surface area (Å²) in [6, 6.07) is 10.7. The molecule has 2 heteroatoms. The Bertz CT molecular complexity index is 293. The summed E-state index contributed by atoms with van der Waals surface area (Å²) in [6.45, 7) is 9.90. The van der Waals surface area contributed by atoms with E-state index in [2.05, 4.69) is 61.3 Å². The number of hydrogen-bond acceptors (Lipinski definition) is 2. The second-order valence-electron chi connectivity index (χ2n) is 4.84. The van der Waals surface area contributed by atoms with Gasteiger partial charge in [0.25, 0.3) is 0 Å². The first-order valence-corrected chi connectivity index (χ1v) is 6.03. The third-order valence-corrected chi connectivity index (χ3v) is 3.06. The summed E-state index contributed by atoms with van der Waals surface area (Å²) in [7, 11) is 2.01. The fourth-order valence-electron chi connectivity index (χ4n) is 2.10. The van der Waals surface area contributed by atoms with E-state index < -0.39 is 0 Å². The van der Waals surface area contributed by atoms with Crippen molar-refractivity contribution in [3.8, 4) is 0 Å². The van der Waals surface area contributed by atoms with Crippen LogP contribution in [-0.4, -0.2) is 30.6 Å². The van der Waals surface area contributed by atoms with E-state index in [0.717, 1.165) is 19.6 Å². The molecule has 0 heterocycles. The van der Waals surface area contributed by atoms with Crippen LogP contribution < -0.4 is 5.32 Å². The Balaban J connectivity index is 2.69. The highest BCUT2D eigenvalue weighted by Crippen LogP contribution is 2.16. The summed E-state index contributed by atoms with van der Waals surface area (Å²) in [5.74, 6) is 0. The molecule has 1 rings (SSSR count). The lowest BCUT2D eigenvalue weighted by molar-refractivity contribution is 0.119. The van der Waals surface area contributed by atoms with Crippen LogP contribution in [0.3, 0.4) is 0 Å². The molecule has 1 aromatic rings. The number of nitrogens with zero attached hydrogens (tertiary/aromatic N) is 1. The topological polar surface area (TPSA) is 15.3 Å². The van der Waals surface area contributed by atoms with Gasteiger partial charge in [-0.15, -0.1) is 0 Å². The highest BCUT2D eigenvalue weighted by molar-refractivity contribution is 5.14. The molecular weight excluding hydrogens is 196 g/mol. The highest BCUT2D eigenvalue weighted by Gasteiger charge is 2.24. The molecule has 1 aromatic carbocycles. The van der Waals surface area contributed by atoms with Gasteiger partial charge in [0.1, 0.15) is 0 Å². The molecule has 0 saturated carbocycles. The Hall–Kier alpha value is -0.860. The Morgan fingerprint density at radius 3 is 2.31 bits per heavy atom. The van der Waals surface area contributed by atoms with Gasteiger partial charge in [-0.2, -0.15) is 0 Å². The summed E-state index contributed by atoms with van der Waals surface area (Å²) in [5, 5.41) is 3.27. The van der Waals surface area contributed by atoms with Crippen molar-refractivity contribution in [3.63, 3.8) is 0 Å². The number of benzene rings is 1. The van der Waals surface area contributed by atoms with Crippen LogP contribution in [0, 0.1) is 0 Å². The largest absolute Gasteiger partial charge is 0.318 e. The molecule has 0 unspecified atom stereocenters. The van der Waals surface area contributed by atoms with Crippen LogP contribution in [0.1, 0.15) is 26.3 Å². The first-order chi connectivity index (χ1) is 7.60. The van der Waals surface area contributed by atoms with E-state index in [9.17, 15) is 0 Å². The average Bonchev–Trinajstić information content (AvgIpc) is 2.27. The predicted molar refractivity (Wildman–Crippen MR) is 70.5 cm³/mol. The third-order valence-electron chi connectivity index (χ3n) is 3.06. The van der Waals surface area contributed by atoms with Gasteiger partial charge in [-0.25, -0.2) is 0 Å². The maximum absolute atomic E-state index is 3.27. The van der Waals surface area contributed by atoms with Crippen molar-refractivity contribution in [2.45, 2.75) is 32.9 Å². The Kier molecular flexibility index (Phi) is 4.97. The van der Waals surface area contributed by atoms with Crippen molar-refractivity contribution < 1.29 is 0 Å². The molecule has 16 heavy (non-hydrogen) atoms. The molecule has 0 atom stereocenters. The van der Waals surface area contributed by atoms with E-state index in [1.54, 1.807) is 0 Å². The lowest BCUT2D eigenvalue weighted by Crippen LogP contribution is -2.49. The molecule has 1 N–H and O–H groups in total. The standard InChI is InChI=1S/C14H24N2/c1-5-16(14(2,3)12-15-4)11-13-9-7-6-8-10-13/h6-10,15H,5,11-12H2,1-4H3. The van der Waals surface area contributed by atoms with Crippen LogP contribution in [0.2, 0.25) is 0 Å². The van der Waals surface area contributed by atoms with Crippen molar-refractivity contribution in [3.05, 3.63) is 35.9 Å². The number of nitrogens with one attached hydrogen (secondary N) is 1. The molecule has 0 fully saturated rings. The normalized spacial score (nSPS) is 12.1. The summed E-state index contributed by atoms with van der Waals surface area (Å²) >= 11 is 0. The molecule has 0 spiro atoms. The zero-order valence-corrected chi connectivity index (χ0v) is 11.0. The van der Waals surface area contributed by atoms with Crippen LogP contribution in [-0.2, 0) is 6.54 Å². The van der Waals surface area contributed by atoms with Crippen LogP contribution in [0.25, 0.3) is 0 Å². The lowest BCUT2D eigenvalue weighted by atomic mass is 10.0. The zero-order chi connectivity index (χ0) is 12.0. The fraction of sp³-hybridized carbons (Fsp3) is 0.571. The molecule has 0 aliphatic carbocycles. The van der Waals surface area contributed by atoms with Gasteiger partial charge in [-0.3, -0.25) is 4.90 Å². The molecule has 0 aliphatic rings. The van der Waals surface area contributed by atoms with Crippen LogP contribution >= 0.6 is 0 Å². The highest BCUT2D eigenvalue weighted by atomic mass is 15.2. The number of hydrogen-bond donors (Lipinski definition) is 1. The molecule has 0 bridgehead atoms. The molecule has 0 aromatic heterocycles. The number of rotatable bonds is 6. The maximum atomic E-state index is 3.27. The van der Waals surface area contributed by atoms with Crippen LogP contribution in [0.4, 0.5) is 0 Å². The molecule has 0 radical (unpaired) electrons. The van der Waals surface area contributed by atoms with E-state index in [1.165, 1.54) is 5.56 Å². The molecule has 2 nitrogen and oxygen atoms in total. The summed E-state index contributed by atoms with van der Waals surface area (Å²) in [5.41, 5.74) is 1.58. The quantitative estimate of drug-likeness (QED) is 0.792. The van der Waals surface area contributed by atoms with E-state index in [-0.39, 0.29) is 5.54 Å². The summed E-state index contributed by atoms with van der Waals surface area (Å²) in [4.78, 5) is 2.50. The Morgan fingerprint density at radius 2 is 1.81 bits per heavy atom. The van der Waals surface area contributed by atoms with Gasteiger partial charge in [-0.1, -0.05) is 37.3 Å². The van der Waals surface area contributed by atoms with Gasteiger partial charge in [0, 0.05) is 18.6 Å². The van der Waals surface area contributed by atoms with Gasteiger partial charge >= 0.3 is 0 Å². The van der Waals surface area contributed by atoms with Crippen molar-refractivity contribution in [2.75, 3.05) is 20.1 Å². The third kappa shape index (κ3) is 3.62. The Labute approximate surface area is 99.7 Å². The number of likely N-dealkylation sites (N-methyl/N-ethyl adjacent to an activating group) is 2. The predicted octanol–water partition coefficient (Wildman–Crippen LogP) is 2.51. The molecule has 0 saturated heterocycles. The minimum atomic E-state index is 0.194. The van der Waals surface area contributed by atoms with E-state index in [0.29, 0.717) is 0 Å². The van der Waals surface area contributed by atoms with E-state index >= 15 is 0 Å². The van der Waals surface area contributed by atoms with Crippen LogP contribution in [0.5, 0.6) is 0 Å².